The van der Waals surface area contributed by atoms with E-state index >= 15 is 0 Å². The lowest BCUT2D eigenvalue weighted by Crippen LogP contribution is -2.34. The Kier molecular flexibility index (Phi) is 13.0. The van der Waals surface area contributed by atoms with Crippen LogP contribution in [0.4, 0.5) is 0 Å². The normalized spacial score (nSPS) is 12.3. The van der Waals surface area contributed by atoms with Crippen molar-refractivity contribution in [2.45, 2.75) is 18.6 Å². The van der Waals surface area contributed by atoms with Crippen LogP contribution in [0.25, 0.3) is 0 Å². The summed E-state index contributed by atoms with van der Waals surface area (Å²) in [4.78, 5) is 2.23. The van der Waals surface area contributed by atoms with Crippen LogP contribution in [0, 0.1) is 0 Å². The Labute approximate surface area is 129 Å². The summed E-state index contributed by atoms with van der Waals surface area (Å²) < 4.78 is 16.3. The summed E-state index contributed by atoms with van der Waals surface area (Å²) in [7, 11) is 3.99. The van der Waals surface area contributed by atoms with Gasteiger partial charge in [0.15, 0.2) is 0 Å². The predicted molar refractivity (Wildman–Crippen MR) is 86.9 cm³/mol. The van der Waals surface area contributed by atoms with E-state index in [-0.39, 0.29) is 4.75 Å². The van der Waals surface area contributed by atoms with Gasteiger partial charge in [-0.05, 0) is 27.9 Å². The molecule has 0 aromatic carbocycles. The van der Waals surface area contributed by atoms with Gasteiger partial charge in [-0.2, -0.15) is 12.6 Å². The first kappa shape index (κ1) is 20.1. The monoisotopic (exact) mass is 308 g/mol. The molecule has 0 saturated heterocycles. The zero-order valence-corrected chi connectivity index (χ0v) is 14.4. The molecule has 0 aliphatic rings. The molecule has 0 aliphatic carbocycles. The molecule has 0 atom stereocenters. The molecule has 0 rings (SSSR count). The highest BCUT2D eigenvalue weighted by Gasteiger charge is 2.13. The summed E-state index contributed by atoms with van der Waals surface area (Å²) in [5.74, 6) is 0. The van der Waals surface area contributed by atoms with Crippen LogP contribution in [-0.4, -0.2) is 83.0 Å². The molecular weight excluding hydrogens is 276 g/mol. The van der Waals surface area contributed by atoms with Crippen LogP contribution in [-0.2, 0) is 14.2 Å². The maximum Gasteiger partial charge on any atom is 0.0701 e. The van der Waals surface area contributed by atoms with Crippen molar-refractivity contribution in [3.63, 3.8) is 0 Å². The highest BCUT2D eigenvalue weighted by Crippen LogP contribution is 2.12. The van der Waals surface area contributed by atoms with Gasteiger partial charge in [-0.25, -0.2) is 0 Å². The van der Waals surface area contributed by atoms with Crippen LogP contribution in [0.5, 0.6) is 0 Å². The van der Waals surface area contributed by atoms with Crippen molar-refractivity contribution in [3.8, 4) is 0 Å². The summed E-state index contributed by atoms with van der Waals surface area (Å²) in [6.07, 6.45) is 0. The van der Waals surface area contributed by atoms with Gasteiger partial charge in [-0.1, -0.05) is 0 Å². The molecule has 0 fully saturated rings. The van der Waals surface area contributed by atoms with Crippen molar-refractivity contribution in [3.05, 3.63) is 0 Å². The Morgan fingerprint density at radius 2 is 1.45 bits per heavy atom. The smallest absolute Gasteiger partial charge is 0.0701 e. The lowest BCUT2D eigenvalue weighted by Gasteiger charge is -2.25. The Morgan fingerprint density at radius 3 is 1.95 bits per heavy atom. The van der Waals surface area contributed by atoms with Crippen molar-refractivity contribution >= 4 is 12.6 Å². The summed E-state index contributed by atoms with van der Waals surface area (Å²) in [5.41, 5.74) is 0. The van der Waals surface area contributed by atoms with Gasteiger partial charge >= 0.3 is 0 Å². The van der Waals surface area contributed by atoms with Gasteiger partial charge in [0.1, 0.15) is 0 Å². The lowest BCUT2D eigenvalue weighted by atomic mass is 10.2. The summed E-state index contributed by atoms with van der Waals surface area (Å²) in [6, 6.07) is 0. The first-order valence-electron chi connectivity index (χ1n) is 7.24. The van der Waals surface area contributed by atoms with E-state index in [4.69, 9.17) is 14.2 Å². The second-order valence-corrected chi connectivity index (χ2v) is 6.70. The van der Waals surface area contributed by atoms with Gasteiger partial charge in [-0.15, -0.1) is 0 Å². The van der Waals surface area contributed by atoms with E-state index in [1.54, 1.807) is 0 Å². The fraction of sp³-hybridized carbons (Fsp3) is 1.00. The SMILES string of the molecule is CNCCOCCOCCOCCN(C)CC(C)(C)S. The zero-order chi connectivity index (χ0) is 15.3. The number of nitrogens with zero attached hydrogens (tertiary/aromatic N) is 1. The number of thiol groups is 1. The van der Waals surface area contributed by atoms with Gasteiger partial charge in [0.2, 0.25) is 0 Å². The topological polar surface area (TPSA) is 43.0 Å². The Balaban J connectivity index is 3.17. The van der Waals surface area contributed by atoms with Crippen LogP contribution in [0.15, 0.2) is 0 Å². The fourth-order valence-electron chi connectivity index (χ4n) is 1.68. The highest BCUT2D eigenvalue weighted by molar-refractivity contribution is 7.81. The van der Waals surface area contributed by atoms with Crippen molar-refractivity contribution in [2.75, 3.05) is 73.4 Å². The van der Waals surface area contributed by atoms with E-state index in [2.05, 4.69) is 43.7 Å². The Bertz CT molecular complexity index is 213. The van der Waals surface area contributed by atoms with E-state index in [0.717, 1.165) is 32.8 Å². The summed E-state index contributed by atoms with van der Waals surface area (Å²) in [5, 5.41) is 3.02. The van der Waals surface area contributed by atoms with Crippen LogP contribution in [0.2, 0.25) is 0 Å². The molecule has 0 heterocycles. The molecule has 0 radical (unpaired) electrons. The number of nitrogens with one attached hydrogen (secondary N) is 1. The maximum absolute atomic E-state index is 5.52. The number of ether oxygens (including phenoxy) is 3. The third-order valence-corrected chi connectivity index (χ3v) is 2.66. The molecule has 0 aliphatic heterocycles. The minimum absolute atomic E-state index is 0.0329. The molecule has 0 saturated carbocycles. The first-order valence-corrected chi connectivity index (χ1v) is 7.69. The first-order chi connectivity index (χ1) is 9.45. The molecular formula is C14H32N2O3S. The van der Waals surface area contributed by atoms with Gasteiger partial charge in [0.05, 0.1) is 39.6 Å². The lowest BCUT2D eigenvalue weighted by molar-refractivity contribution is 0.0121. The molecule has 0 aromatic rings. The molecule has 122 valence electrons. The molecule has 5 nitrogen and oxygen atoms in total. The number of likely N-dealkylation sites (N-methyl/N-ethyl adjacent to an activating group) is 2. The second kappa shape index (κ2) is 12.9. The molecule has 0 bridgehead atoms. The molecule has 0 spiro atoms. The standard InChI is InChI=1S/C14H32N2O3S/c1-14(2,20)13-16(4)6-8-18-10-12-19-11-9-17-7-5-15-3/h15,20H,5-13H2,1-4H3. The molecule has 20 heavy (non-hydrogen) atoms. The average Bonchev–Trinajstić information content (AvgIpc) is 2.34. The summed E-state index contributed by atoms with van der Waals surface area (Å²) in [6.45, 7) is 10.9. The largest absolute Gasteiger partial charge is 0.378 e. The van der Waals surface area contributed by atoms with Crippen LogP contribution >= 0.6 is 12.6 Å². The minimum Gasteiger partial charge on any atom is -0.378 e. The minimum atomic E-state index is 0.0329. The number of hydrogen-bond acceptors (Lipinski definition) is 6. The van der Waals surface area contributed by atoms with E-state index < -0.39 is 0 Å². The summed E-state index contributed by atoms with van der Waals surface area (Å²) >= 11 is 4.51. The van der Waals surface area contributed by atoms with Gasteiger partial charge in [0.25, 0.3) is 0 Å². The van der Waals surface area contributed by atoms with Gasteiger partial charge in [-0.3, -0.25) is 0 Å². The van der Waals surface area contributed by atoms with Crippen molar-refractivity contribution in [1.82, 2.24) is 10.2 Å². The second-order valence-electron chi connectivity index (χ2n) is 5.49. The molecule has 0 unspecified atom stereocenters. The molecule has 0 amide bonds. The third-order valence-electron chi connectivity index (χ3n) is 2.51. The number of hydrogen-bond donors (Lipinski definition) is 2. The van der Waals surface area contributed by atoms with E-state index in [0.29, 0.717) is 26.4 Å². The molecule has 0 aromatic heterocycles. The predicted octanol–water partition coefficient (Wildman–Crippen LogP) is 0.896. The van der Waals surface area contributed by atoms with Crippen LogP contribution in [0.1, 0.15) is 13.8 Å². The van der Waals surface area contributed by atoms with Crippen molar-refractivity contribution < 1.29 is 14.2 Å². The van der Waals surface area contributed by atoms with Crippen LogP contribution in [0.3, 0.4) is 0 Å². The Hall–Kier alpha value is 0.150. The van der Waals surface area contributed by atoms with Crippen molar-refractivity contribution in [2.24, 2.45) is 0 Å². The zero-order valence-electron chi connectivity index (χ0n) is 13.5. The van der Waals surface area contributed by atoms with Crippen LogP contribution < -0.4 is 5.32 Å². The molecule has 1 N–H and O–H groups in total. The van der Waals surface area contributed by atoms with Crippen molar-refractivity contribution in [1.29, 1.82) is 0 Å². The molecule has 6 heteroatoms. The number of rotatable bonds is 14. The quantitative estimate of drug-likeness (QED) is 0.369. The van der Waals surface area contributed by atoms with E-state index in [1.165, 1.54) is 0 Å². The highest BCUT2D eigenvalue weighted by atomic mass is 32.1. The third kappa shape index (κ3) is 16.2. The Morgan fingerprint density at radius 1 is 0.950 bits per heavy atom. The fourth-order valence-corrected chi connectivity index (χ4v) is 1.92. The van der Waals surface area contributed by atoms with E-state index in [9.17, 15) is 0 Å². The van der Waals surface area contributed by atoms with Gasteiger partial charge in [0, 0.05) is 24.4 Å². The van der Waals surface area contributed by atoms with E-state index in [1.807, 2.05) is 7.05 Å². The van der Waals surface area contributed by atoms with Gasteiger partial charge < -0.3 is 24.4 Å². The maximum atomic E-state index is 5.52. The average molecular weight is 308 g/mol.